The average molecular weight is 562 g/mol. The van der Waals surface area contributed by atoms with Crippen LogP contribution in [-0.4, -0.2) is 91.9 Å². The monoisotopic (exact) mass is 561 g/mol. The summed E-state index contributed by atoms with van der Waals surface area (Å²) in [6.45, 7) is 2.49. The summed E-state index contributed by atoms with van der Waals surface area (Å²) in [5, 5.41) is 13.5. The smallest absolute Gasteiger partial charge is 0.243 e. The third-order valence-corrected chi connectivity index (χ3v) is 9.56. The second kappa shape index (κ2) is 12.4. The van der Waals surface area contributed by atoms with Gasteiger partial charge >= 0.3 is 0 Å². The molecule has 3 fully saturated rings. The highest BCUT2D eigenvalue weighted by molar-refractivity contribution is 7.89. The molecule has 3 aliphatic rings. The lowest BCUT2D eigenvalue weighted by Crippen LogP contribution is -2.57. The van der Waals surface area contributed by atoms with Crippen LogP contribution in [-0.2, 0) is 30.8 Å². The molecule has 212 valence electrons. The summed E-state index contributed by atoms with van der Waals surface area (Å²) in [7, 11) is -4.02. The number of β-amino-alcohol motifs (C(OH)–C–C–N with tert-alkyl or cyclic N) is 1. The molecule has 0 unspecified atom stereocenters. The molecule has 5 atom stereocenters. The molecule has 5 rings (SSSR count). The molecule has 1 amide bonds. The Morgan fingerprint density at radius 2 is 1.79 bits per heavy atom. The number of nitrogens with one attached hydrogen (secondary N) is 1. The molecule has 3 heterocycles. The quantitative estimate of drug-likeness (QED) is 0.532. The van der Waals surface area contributed by atoms with E-state index in [4.69, 9.17) is 9.47 Å². The highest BCUT2D eigenvalue weighted by Gasteiger charge is 2.43. The number of benzene rings is 2. The maximum atomic E-state index is 13.5. The Morgan fingerprint density at radius 1 is 1.03 bits per heavy atom. The van der Waals surface area contributed by atoms with E-state index in [0.29, 0.717) is 12.8 Å². The van der Waals surface area contributed by atoms with Crippen molar-refractivity contribution in [1.82, 2.24) is 14.5 Å². The molecule has 2 N–H and O–H groups in total. The fourth-order valence-electron chi connectivity index (χ4n) is 5.74. The molecule has 0 aromatic heterocycles. The molecule has 39 heavy (non-hydrogen) atoms. The minimum atomic E-state index is -4.02. The molecule has 11 heteroatoms. The highest BCUT2D eigenvalue weighted by Crippen LogP contribution is 2.31. The van der Waals surface area contributed by atoms with E-state index in [9.17, 15) is 22.7 Å². The first-order valence-corrected chi connectivity index (χ1v) is 15.0. The molecule has 0 radical (unpaired) electrons. The fraction of sp³-hybridized carbons (Fsp3) is 0.536. The summed E-state index contributed by atoms with van der Waals surface area (Å²) in [6, 6.07) is 14.4. The number of rotatable bonds is 7. The summed E-state index contributed by atoms with van der Waals surface area (Å²) in [5.74, 6) is -0.612. The Bertz CT molecular complexity index is 1220. The minimum Gasteiger partial charge on any atom is -0.389 e. The highest BCUT2D eigenvalue weighted by atomic mass is 32.2. The molecular weight excluding hydrogens is 525 g/mol. The third-order valence-electron chi connectivity index (χ3n) is 7.65. The van der Waals surface area contributed by atoms with Crippen LogP contribution in [0.5, 0.6) is 0 Å². The van der Waals surface area contributed by atoms with Crippen LogP contribution in [0.4, 0.5) is 4.39 Å². The molecule has 2 aromatic rings. The number of ether oxygens (including phenoxy) is 2. The Kier molecular flexibility index (Phi) is 8.95. The lowest BCUT2D eigenvalue weighted by molar-refractivity contribution is -0.146. The molecule has 3 saturated heterocycles. The van der Waals surface area contributed by atoms with Crippen LogP contribution in [0.2, 0.25) is 0 Å². The molecular formula is C28H36FN3O6S. The van der Waals surface area contributed by atoms with Crippen LogP contribution >= 0.6 is 0 Å². The van der Waals surface area contributed by atoms with E-state index >= 15 is 0 Å². The summed E-state index contributed by atoms with van der Waals surface area (Å²) >= 11 is 0. The van der Waals surface area contributed by atoms with Gasteiger partial charge in [0.1, 0.15) is 5.82 Å². The van der Waals surface area contributed by atoms with Gasteiger partial charge in [-0.05, 0) is 49.1 Å². The van der Waals surface area contributed by atoms with Gasteiger partial charge in [-0.15, -0.1) is 0 Å². The van der Waals surface area contributed by atoms with Gasteiger partial charge in [0.05, 0.1) is 48.9 Å². The summed E-state index contributed by atoms with van der Waals surface area (Å²) < 4.78 is 53.5. The number of amides is 1. The number of aliphatic hydroxyl groups is 1. The van der Waals surface area contributed by atoms with Gasteiger partial charge in [0, 0.05) is 32.2 Å². The Labute approximate surface area is 228 Å². The zero-order valence-electron chi connectivity index (χ0n) is 21.8. The molecule has 9 nitrogen and oxygen atoms in total. The maximum absolute atomic E-state index is 13.5. The molecule has 0 saturated carbocycles. The van der Waals surface area contributed by atoms with Crippen molar-refractivity contribution in [2.45, 2.75) is 67.5 Å². The number of sulfonamides is 1. The molecule has 0 spiro atoms. The zero-order valence-corrected chi connectivity index (χ0v) is 22.6. The van der Waals surface area contributed by atoms with Crippen LogP contribution in [0, 0.1) is 5.82 Å². The topological polar surface area (TPSA) is 108 Å². The van der Waals surface area contributed by atoms with Gasteiger partial charge in [-0.1, -0.05) is 30.3 Å². The Morgan fingerprint density at radius 3 is 2.56 bits per heavy atom. The van der Waals surface area contributed by atoms with E-state index in [0.717, 1.165) is 38.2 Å². The van der Waals surface area contributed by atoms with E-state index in [1.165, 1.54) is 22.0 Å². The molecule has 3 aliphatic heterocycles. The Balaban J connectivity index is 1.18. The van der Waals surface area contributed by atoms with Gasteiger partial charge < -0.3 is 19.9 Å². The van der Waals surface area contributed by atoms with Crippen molar-refractivity contribution in [2.24, 2.45) is 0 Å². The zero-order chi connectivity index (χ0) is 27.4. The first kappa shape index (κ1) is 28.1. The molecule has 0 aliphatic carbocycles. The Hall–Kier alpha value is -2.41. The number of aliphatic hydroxyl groups excluding tert-OH is 1. The lowest BCUT2D eigenvalue weighted by Gasteiger charge is -2.43. The van der Waals surface area contributed by atoms with Gasteiger partial charge in [0.2, 0.25) is 15.9 Å². The number of likely N-dealkylation sites (tertiary alicyclic amines) is 1. The van der Waals surface area contributed by atoms with Gasteiger partial charge in [0.25, 0.3) is 0 Å². The second-order valence-corrected chi connectivity index (χ2v) is 12.5. The van der Waals surface area contributed by atoms with E-state index in [1.807, 2.05) is 18.2 Å². The van der Waals surface area contributed by atoms with Crippen LogP contribution in [0.1, 0.15) is 31.2 Å². The largest absolute Gasteiger partial charge is 0.389 e. The number of hydrogen-bond acceptors (Lipinski definition) is 7. The molecule has 0 bridgehead atoms. The van der Waals surface area contributed by atoms with E-state index in [1.54, 1.807) is 0 Å². The molecule has 2 aromatic carbocycles. The number of nitrogens with zero attached hydrogens (tertiary/aromatic N) is 2. The van der Waals surface area contributed by atoms with E-state index in [-0.39, 0.29) is 49.1 Å². The van der Waals surface area contributed by atoms with Crippen LogP contribution < -0.4 is 5.32 Å². The third kappa shape index (κ3) is 7.03. The summed E-state index contributed by atoms with van der Waals surface area (Å²) in [5.41, 5.74) is 1.25. The van der Waals surface area contributed by atoms with Crippen molar-refractivity contribution in [1.29, 1.82) is 0 Å². The van der Waals surface area contributed by atoms with Crippen molar-refractivity contribution in [3.05, 3.63) is 66.0 Å². The van der Waals surface area contributed by atoms with Gasteiger partial charge in [-0.2, -0.15) is 4.31 Å². The number of hydrogen-bond donors (Lipinski definition) is 2. The van der Waals surface area contributed by atoms with Crippen molar-refractivity contribution < 1.29 is 32.2 Å². The predicted octanol–water partition coefficient (Wildman–Crippen LogP) is 1.90. The van der Waals surface area contributed by atoms with Crippen molar-refractivity contribution >= 4 is 15.9 Å². The summed E-state index contributed by atoms with van der Waals surface area (Å²) in [6.07, 6.45) is 0.0617. The number of halogens is 1. The van der Waals surface area contributed by atoms with Crippen molar-refractivity contribution in [3.8, 4) is 0 Å². The number of fused-ring (bicyclic) bond motifs is 1. The van der Waals surface area contributed by atoms with E-state index in [2.05, 4.69) is 22.3 Å². The number of carbonyl (C=O) groups excluding carboxylic acids is 1. The maximum Gasteiger partial charge on any atom is 0.243 e. The first-order chi connectivity index (χ1) is 18.8. The standard InChI is InChI=1S/C28H36FN3O6S/c29-21-6-9-25(10-7-21)39(35,36)32-17-23(33)18-37-19-27-26(32)11-8-24(38-27)14-28(34)30-22-12-13-31(16-22)15-20-4-2-1-3-5-20/h1-7,9-10,22-24,26-27,33H,8,11-19H2,(H,30,34)/t22-,23-,24-,26+,27-/m1/s1. The lowest BCUT2D eigenvalue weighted by atomic mass is 9.96. The second-order valence-electron chi connectivity index (χ2n) is 10.6. The normalized spacial score (nSPS) is 28.8. The van der Waals surface area contributed by atoms with Gasteiger partial charge in [-0.25, -0.2) is 12.8 Å². The van der Waals surface area contributed by atoms with Crippen LogP contribution in [0.25, 0.3) is 0 Å². The van der Waals surface area contributed by atoms with Crippen LogP contribution in [0.3, 0.4) is 0 Å². The average Bonchev–Trinajstić information content (AvgIpc) is 3.33. The first-order valence-electron chi connectivity index (χ1n) is 13.5. The van der Waals surface area contributed by atoms with E-state index < -0.39 is 34.1 Å². The minimum absolute atomic E-state index is 0.0334. The van der Waals surface area contributed by atoms with Crippen molar-refractivity contribution in [3.63, 3.8) is 0 Å². The number of carbonyl (C=O) groups is 1. The van der Waals surface area contributed by atoms with Gasteiger partial charge in [-0.3, -0.25) is 9.69 Å². The summed E-state index contributed by atoms with van der Waals surface area (Å²) in [4.78, 5) is 15.2. The predicted molar refractivity (Wildman–Crippen MR) is 142 cm³/mol. The van der Waals surface area contributed by atoms with Gasteiger partial charge in [0.15, 0.2) is 0 Å². The fourth-order valence-corrected chi connectivity index (χ4v) is 7.46. The SMILES string of the molecule is O=C(C[C@H]1CC[C@H]2[C@@H](COC[C@H](O)CN2S(=O)(=O)c2ccc(F)cc2)O1)N[C@@H]1CCN(Cc2ccccc2)C1. The van der Waals surface area contributed by atoms with Crippen LogP contribution in [0.15, 0.2) is 59.5 Å². The van der Waals surface area contributed by atoms with Crippen molar-refractivity contribution in [2.75, 3.05) is 32.8 Å².